The largest absolute Gasteiger partial charge is 0.507 e. The topological polar surface area (TPSA) is 111 Å². The molecule has 4 rings (SSSR count). The molecule has 0 bridgehead atoms. The van der Waals surface area contributed by atoms with Crippen molar-refractivity contribution in [2.75, 3.05) is 0 Å². The van der Waals surface area contributed by atoms with Gasteiger partial charge in [-0.2, -0.15) is 0 Å². The smallest absolute Gasteiger partial charge is 0.332 e. The predicted molar refractivity (Wildman–Crippen MR) is 104 cm³/mol. The van der Waals surface area contributed by atoms with E-state index in [2.05, 4.69) is 4.98 Å². The number of carbonyl (C=O) groups is 2. The van der Waals surface area contributed by atoms with E-state index < -0.39 is 22.8 Å². The number of fused-ring (bicyclic) bond motifs is 3. The molecule has 3 aromatic rings. The van der Waals surface area contributed by atoms with E-state index in [0.717, 1.165) is 15.9 Å². The van der Waals surface area contributed by atoms with E-state index in [1.54, 1.807) is 6.92 Å². The number of aromatic hydroxyl groups is 1. The van der Waals surface area contributed by atoms with E-state index in [4.69, 9.17) is 0 Å². The first kappa shape index (κ1) is 18.1. The average Bonchev–Trinajstić information content (AvgIpc) is 3.11. The molecular weight excluding hydrogens is 382 g/mol. The Kier molecular flexibility index (Phi) is 3.93. The van der Waals surface area contributed by atoms with Crippen LogP contribution in [0.1, 0.15) is 38.2 Å². The molecule has 0 spiro atoms. The minimum absolute atomic E-state index is 0.00293. The van der Waals surface area contributed by atoms with Crippen molar-refractivity contribution in [2.45, 2.75) is 13.3 Å². The molecule has 8 nitrogen and oxygen atoms in total. The van der Waals surface area contributed by atoms with Crippen molar-refractivity contribution in [1.82, 2.24) is 14.1 Å². The summed E-state index contributed by atoms with van der Waals surface area (Å²) >= 11 is 1.14. The zero-order chi connectivity index (χ0) is 20.3. The summed E-state index contributed by atoms with van der Waals surface area (Å²) in [7, 11) is 2.78. The molecule has 142 valence electrons. The van der Waals surface area contributed by atoms with Crippen molar-refractivity contribution in [3.63, 3.8) is 0 Å². The Hall–Kier alpha value is -3.33. The van der Waals surface area contributed by atoms with Crippen LogP contribution >= 0.6 is 11.3 Å². The highest BCUT2D eigenvalue weighted by Crippen LogP contribution is 2.35. The van der Waals surface area contributed by atoms with Gasteiger partial charge in [0, 0.05) is 29.9 Å². The summed E-state index contributed by atoms with van der Waals surface area (Å²) in [5, 5.41) is 11.0. The van der Waals surface area contributed by atoms with Crippen molar-refractivity contribution in [3.8, 4) is 5.75 Å². The molecule has 0 atom stereocenters. The van der Waals surface area contributed by atoms with Crippen molar-refractivity contribution in [2.24, 2.45) is 14.1 Å². The molecule has 0 saturated carbocycles. The fraction of sp³-hybridized carbons (Fsp3) is 0.211. The van der Waals surface area contributed by atoms with Gasteiger partial charge in [-0.3, -0.25) is 23.5 Å². The lowest BCUT2D eigenvalue weighted by molar-refractivity contribution is 0.100. The van der Waals surface area contributed by atoms with E-state index in [0.29, 0.717) is 17.0 Å². The predicted octanol–water partition coefficient (Wildman–Crippen LogP) is 1.42. The van der Waals surface area contributed by atoms with Crippen LogP contribution in [-0.2, 0) is 20.5 Å². The molecule has 1 aliphatic rings. The Bertz CT molecular complexity index is 1360. The number of rotatable bonds is 2. The molecule has 0 aromatic carbocycles. The van der Waals surface area contributed by atoms with Gasteiger partial charge in [-0.1, -0.05) is 6.92 Å². The lowest BCUT2D eigenvalue weighted by Crippen LogP contribution is -2.39. The lowest BCUT2D eigenvalue weighted by Gasteiger charge is -2.19. The SMILES string of the molecule is CCc1nc2c(c3c1C(=O)C(c1cc(O)cs1)=CC3=O)c(=O)n(C)c(=O)n2C. The second kappa shape index (κ2) is 6.10. The van der Waals surface area contributed by atoms with Crippen LogP contribution in [0.4, 0.5) is 0 Å². The van der Waals surface area contributed by atoms with Crippen molar-refractivity contribution in [3.05, 3.63) is 60.1 Å². The first-order valence-electron chi connectivity index (χ1n) is 8.47. The molecule has 0 aliphatic heterocycles. The molecular formula is C19H15N3O5S. The molecule has 0 saturated heterocycles. The minimum Gasteiger partial charge on any atom is -0.507 e. The van der Waals surface area contributed by atoms with Crippen molar-refractivity contribution in [1.29, 1.82) is 0 Å². The Morgan fingerprint density at radius 3 is 2.43 bits per heavy atom. The fourth-order valence-electron chi connectivity index (χ4n) is 3.44. The molecule has 28 heavy (non-hydrogen) atoms. The number of pyridine rings is 1. The Morgan fingerprint density at radius 1 is 1.11 bits per heavy atom. The number of aryl methyl sites for hydroxylation is 2. The van der Waals surface area contributed by atoms with Gasteiger partial charge in [-0.05, 0) is 18.6 Å². The Labute approximate surface area is 162 Å². The highest BCUT2D eigenvalue weighted by Gasteiger charge is 2.34. The number of allylic oxidation sites excluding steroid dienone is 2. The Morgan fingerprint density at radius 2 is 1.82 bits per heavy atom. The summed E-state index contributed by atoms with van der Waals surface area (Å²) in [6.07, 6.45) is 1.52. The lowest BCUT2D eigenvalue weighted by atomic mass is 9.85. The molecule has 3 heterocycles. The van der Waals surface area contributed by atoms with Crippen molar-refractivity contribution >= 4 is 39.5 Å². The van der Waals surface area contributed by atoms with E-state index in [1.165, 1.54) is 36.2 Å². The number of hydrogen-bond acceptors (Lipinski definition) is 7. The van der Waals surface area contributed by atoms with Gasteiger partial charge < -0.3 is 5.11 Å². The quantitative estimate of drug-likeness (QED) is 0.700. The second-order valence-electron chi connectivity index (χ2n) is 6.49. The molecule has 1 N–H and O–H groups in total. The third kappa shape index (κ3) is 2.32. The molecule has 0 radical (unpaired) electrons. The minimum atomic E-state index is -0.670. The van der Waals surface area contributed by atoms with Crippen LogP contribution in [-0.4, -0.2) is 30.8 Å². The first-order valence-corrected chi connectivity index (χ1v) is 9.35. The maximum absolute atomic E-state index is 13.2. The van der Waals surface area contributed by atoms with E-state index in [1.807, 2.05) is 0 Å². The summed E-state index contributed by atoms with van der Waals surface area (Å²) in [6, 6.07) is 1.41. The van der Waals surface area contributed by atoms with Gasteiger partial charge in [0.25, 0.3) is 5.56 Å². The standard InChI is InChI=1S/C19H15N3O5S/c1-4-10-13-14(15-17(20-10)21(2)19(27)22(3)18(15)26)11(24)6-9(16(13)25)12-5-8(23)7-28-12/h5-7,23H,4H2,1-3H3. The molecule has 1 aliphatic carbocycles. The van der Waals surface area contributed by atoms with E-state index >= 15 is 0 Å². The van der Waals surface area contributed by atoms with Gasteiger partial charge in [-0.15, -0.1) is 11.3 Å². The summed E-state index contributed by atoms with van der Waals surface area (Å²) in [5.74, 6) is -0.933. The van der Waals surface area contributed by atoms with Crippen LogP contribution in [0.25, 0.3) is 16.6 Å². The van der Waals surface area contributed by atoms with E-state index in [9.17, 15) is 24.3 Å². The third-order valence-electron chi connectivity index (χ3n) is 4.84. The average molecular weight is 397 g/mol. The van der Waals surface area contributed by atoms with Gasteiger partial charge in [0.1, 0.15) is 11.4 Å². The normalized spacial score (nSPS) is 13.8. The highest BCUT2D eigenvalue weighted by molar-refractivity contribution is 7.12. The monoisotopic (exact) mass is 397 g/mol. The van der Waals surface area contributed by atoms with Crippen LogP contribution in [0, 0.1) is 0 Å². The highest BCUT2D eigenvalue weighted by atomic mass is 32.1. The summed E-state index contributed by atoms with van der Waals surface area (Å²) < 4.78 is 2.09. The zero-order valence-electron chi connectivity index (χ0n) is 15.3. The molecule has 9 heteroatoms. The van der Waals surface area contributed by atoms with Crippen LogP contribution in [0.5, 0.6) is 5.75 Å². The molecule has 0 amide bonds. The number of thiophene rings is 1. The maximum atomic E-state index is 13.2. The van der Waals surface area contributed by atoms with Gasteiger partial charge in [0.15, 0.2) is 11.6 Å². The fourth-order valence-corrected chi connectivity index (χ4v) is 4.22. The number of hydrogen-bond donors (Lipinski definition) is 1. The number of ketones is 2. The number of aromatic nitrogens is 3. The van der Waals surface area contributed by atoms with Crippen LogP contribution in [0.15, 0.2) is 27.1 Å². The van der Waals surface area contributed by atoms with Crippen molar-refractivity contribution < 1.29 is 14.7 Å². The summed E-state index contributed by atoms with van der Waals surface area (Å²) in [6.45, 7) is 1.78. The third-order valence-corrected chi connectivity index (χ3v) is 5.79. The second-order valence-corrected chi connectivity index (χ2v) is 7.40. The maximum Gasteiger partial charge on any atom is 0.332 e. The Balaban J connectivity index is 2.15. The number of nitrogens with zero attached hydrogens (tertiary/aromatic N) is 3. The van der Waals surface area contributed by atoms with Gasteiger partial charge in [0.05, 0.1) is 22.2 Å². The molecule has 0 fully saturated rings. The molecule has 0 unspecified atom stereocenters. The summed E-state index contributed by atoms with van der Waals surface area (Å²) in [5.41, 5.74) is -0.594. The number of Topliss-reactive ketones (excluding diaryl/α,β-unsaturated/α-hetero) is 1. The van der Waals surface area contributed by atoms with Gasteiger partial charge in [0.2, 0.25) is 0 Å². The van der Waals surface area contributed by atoms with Gasteiger partial charge >= 0.3 is 5.69 Å². The van der Waals surface area contributed by atoms with Crippen LogP contribution in [0.2, 0.25) is 0 Å². The van der Waals surface area contributed by atoms with Gasteiger partial charge in [-0.25, -0.2) is 9.78 Å². The zero-order valence-corrected chi connectivity index (χ0v) is 16.1. The van der Waals surface area contributed by atoms with Crippen LogP contribution in [0.3, 0.4) is 0 Å². The molecule has 3 aromatic heterocycles. The summed E-state index contributed by atoms with van der Waals surface area (Å²) in [4.78, 5) is 56.1. The van der Waals surface area contributed by atoms with E-state index in [-0.39, 0.29) is 33.5 Å². The first-order chi connectivity index (χ1) is 13.3. The number of carbonyl (C=O) groups excluding carboxylic acids is 2. The van der Waals surface area contributed by atoms with Crippen LogP contribution < -0.4 is 11.2 Å².